The molecular formula is C16H15F3N4O2. The van der Waals surface area contributed by atoms with Gasteiger partial charge in [0, 0.05) is 18.3 Å². The lowest BCUT2D eigenvalue weighted by molar-refractivity contribution is -0.275. The van der Waals surface area contributed by atoms with Gasteiger partial charge in [0.2, 0.25) is 0 Å². The number of hydrogen-bond acceptors (Lipinski definition) is 4. The van der Waals surface area contributed by atoms with Crippen LogP contribution in [0.4, 0.5) is 13.2 Å². The Kier molecular flexibility index (Phi) is 4.49. The van der Waals surface area contributed by atoms with E-state index in [0.717, 1.165) is 0 Å². The van der Waals surface area contributed by atoms with Gasteiger partial charge < -0.3 is 4.74 Å². The highest BCUT2D eigenvalue weighted by Gasteiger charge is 2.32. The Balaban J connectivity index is 1.77. The highest BCUT2D eigenvalue weighted by atomic mass is 19.4. The number of rotatable bonds is 5. The third kappa shape index (κ3) is 4.00. The van der Waals surface area contributed by atoms with Gasteiger partial charge in [0.15, 0.2) is 5.65 Å². The molecule has 0 saturated carbocycles. The topological polar surface area (TPSA) is 51.8 Å². The van der Waals surface area contributed by atoms with Crippen LogP contribution in [0.2, 0.25) is 0 Å². The first-order valence-corrected chi connectivity index (χ1v) is 7.40. The molecule has 0 N–H and O–H groups in total. The highest BCUT2D eigenvalue weighted by molar-refractivity contribution is 5.35. The molecule has 0 unspecified atom stereocenters. The molecule has 25 heavy (non-hydrogen) atoms. The predicted molar refractivity (Wildman–Crippen MR) is 84.0 cm³/mol. The molecule has 0 radical (unpaired) electrons. The summed E-state index contributed by atoms with van der Waals surface area (Å²) >= 11 is 0. The van der Waals surface area contributed by atoms with Crippen LogP contribution in [-0.4, -0.2) is 32.5 Å². The number of nitrogens with zero attached hydrogens (tertiary/aromatic N) is 4. The highest BCUT2D eigenvalue weighted by Crippen LogP contribution is 2.26. The number of benzene rings is 1. The van der Waals surface area contributed by atoms with Gasteiger partial charge in [0.1, 0.15) is 5.75 Å². The number of para-hydroxylation sites is 1. The lowest BCUT2D eigenvalue weighted by Crippen LogP contribution is -2.30. The van der Waals surface area contributed by atoms with Crippen LogP contribution in [0.1, 0.15) is 5.56 Å². The third-order valence-corrected chi connectivity index (χ3v) is 3.50. The minimum atomic E-state index is -4.76. The van der Waals surface area contributed by atoms with Crippen molar-refractivity contribution < 1.29 is 17.9 Å². The molecule has 0 atom stereocenters. The molecule has 0 spiro atoms. The third-order valence-electron chi connectivity index (χ3n) is 3.50. The van der Waals surface area contributed by atoms with Gasteiger partial charge in [0.25, 0.3) is 0 Å². The van der Waals surface area contributed by atoms with Crippen LogP contribution in [0.5, 0.6) is 5.75 Å². The molecule has 0 aliphatic rings. The summed E-state index contributed by atoms with van der Waals surface area (Å²) in [7, 11) is 1.68. The summed E-state index contributed by atoms with van der Waals surface area (Å²) in [6.07, 6.45) is -3.15. The molecule has 0 amide bonds. The first kappa shape index (κ1) is 17.0. The van der Waals surface area contributed by atoms with Crippen LogP contribution >= 0.6 is 0 Å². The Morgan fingerprint density at radius 2 is 1.88 bits per heavy atom. The van der Waals surface area contributed by atoms with Crippen molar-refractivity contribution in [1.82, 2.24) is 19.1 Å². The summed E-state index contributed by atoms with van der Waals surface area (Å²) in [4.78, 5) is 13.9. The number of aromatic nitrogens is 3. The van der Waals surface area contributed by atoms with E-state index in [1.807, 2.05) is 0 Å². The van der Waals surface area contributed by atoms with Crippen molar-refractivity contribution in [1.29, 1.82) is 0 Å². The van der Waals surface area contributed by atoms with Crippen molar-refractivity contribution in [3.05, 3.63) is 64.7 Å². The maximum absolute atomic E-state index is 12.5. The van der Waals surface area contributed by atoms with Crippen LogP contribution in [0.3, 0.4) is 0 Å². The first-order valence-electron chi connectivity index (χ1n) is 7.40. The second-order valence-corrected chi connectivity index (χ2v) is 5.52. The second kappa shape index (κ2) is 6.60. The van der Waals surface area contributed by atoms with Gasteiger partial charge >= 0.3 is 12.1 Å². The zero-order chi connectivity index (χ0) is 18.0. The van der Waals surface area contributed by atoms with E-state index in [9.17, 15) is 18.0 Å². The Labute approximate surface area is 140 Å². The lowest BCUT2D eigenvalue weighted by Gasteiger charge is -2.19. The standard InChI is InChI=1S/C16H15F3N4O2/c1-21(10-12-6-2-3-7-13(12)25-16(17,18)19)11-23-15(24)22-9-5-4-8-14(22)20-23/h2-9H,10-11H2,1H3. The fraction of sp³-hybridized carbons (Fsp3) is 0.250. The van der Waals surface area contributed by atoms with Crippen LogP contribution in [0.25, 0.3) is 5.65 Å². The summed E-state index contributed by atoms with van der Waals surface area (Å²) in [5.41, 5.74) is 0.545. The van der Waals surface area contributed by atoms with Gasteiger partial charge in [-0.05, 0) is 25.2 Å². The molecule has 0 aliphatic carbocycles. The predicted octanol–water partition coefficient (Wildman–Crippen LogP) is 2.48. The Bertz CT molecular complexity index is 933. The Hall–Kier alpha value is -2.81. The summed E-state index contributed by atoms with van der Waals surface area (Å²) in [6.45, 7) is 0.285. The number of pyridine rings is 1. The molecule has 132 valence electrons. The smallest absolute Gasteiger partial charge is 0.405 e. The molecule has 0 aliphatic heterocycles. The van der Waals surface area contributed by atoms with Crippen LogP contribution in [0, 0.1) is 0 Å². The zero-order valence-corrected chi connectivity index (χ0v) is 13.3. The molecule has 3 aromatic rings. The Morgan fingerprint density at radius 1 is 1.16 bits per heavy atom. The van der Waals surface area contributed by atoms with E-state index in [1.54, 1.807) is 48.5 Å². The van der Waals surface area contributed by atoms with Gasteiger partial charge in [-0.1, -0.05) is 24.3 Å². The van der Waals surface area contributed by atoms with Gasteiger partial charge in [0.05, 0.1) is 6.67 Å². The molecule has 0 bridgehead atoms. The molecule has 6 nitrogen and oxygen atoms in total. The van der Waals surface area contributed by atoms with E-state index < -0.39 is 6.36 Å². The molecule has 0 saturated heterocycles. The van der Waals surface area contributed by atoms with Crippen molar-refractivity contribution in [2.75, 3.05) is 7.05 Å². The maximum atomic E-state index is 12.5. The average Bonchev–Trinajstić information content (AvgIpc) is 2.84. The first-order chi connectivity index (χ1) is 11.8. The van der Waals surface area contributed by atoms with Crippen molar-refractivity contribution >= 4 is 5.65 Å². The fourth-order valence-electron chi connectivity index (χ4n) is 2.49. The van der Waals surface area contributed by atoms with E-state index in [2.05, 4.69) is 9.84 Å². The van der Waals surface area contributed by atoms with Crippen molar-refractivity contribution in [3.8, 4) is 5.75 Å². The lowest BCUT2D eigenvalue weighted by atomic mass is 10.2. The van der Waals surface area contributed by atoms with Crippen LogP contribution in [0.15, 0.2) is 53.5 Å². The molecule has 2 aromatic heterocycles. The minimum Gasteiger partial charge on any atom is -0.405 e. The number of hydrogen-bond donors (Lipinski definition) is 0. The van der Waals surface area contributed by atoms with Gasteiger partial charge in [-0.2, -0.15) is 4.68 Å². The molecule has 1 aromatic carbocycles. The maximum Gasteiger partial charge on any atom is 0.573 e. The largest absolute Gasteiger partial charge is 0.573 e. The van der Waals surface area contributed by atoms with Crippen molar-refractivity contribution in [3.63, 3.8) is 0 Å². The SMILES string of the molecule is CN(Cc1ccccc1OC(F)(F)F)Cn1nc2ccccn2c1=O. The van der Waals surface area contributed by atoms with Gasteiger partial charge in [-0.15, -0.1) is 18.3 Å². The zero-order valence-electron chi connectivity index (χ0n) is 13.3. The number of alkyl halides is 3. The molecular weight excluding hydrogens is 337 g/mol. The second-order valence-electron chi connectivity index (χ2n) is 5.52. The molecule has 9 heteroatoms. The van der Waals surface area contributed by atoms with Crippen molar-refractivity contribution in [2.24, 2.45) is 0 Å². The Morgan fingerprint density at radius 3 is 2.60 bits per heavy atom. The fourth-order valence-corrected chi connectivity index (χ4v) is 2.49. The van der Waals surface area contributed by atoms with E-state index >= 15 is 0 Å². The minimum absolute atomic E-state index is 0.126. The van der Waals surface area contributed by atoms with Crippen LogP contribution < -0.4 is 10.4 Å². The monoisotopic (exact) mass is 352 g/mol. The summed E-state index contributed by atoms with van der Waals surface area (Å²) in [5, 5.41) is 4.19. The van der Waals surface area contributed by atoms with E-state index in [0.29, 0.717) is 11.2 Å². The number of halogens is 3. The van der Waals surface area contributed by atoms with Gasteiger partial charge in [-0.25, -0.2) is 4.79 Å². The van der Waals surface area contributed by atoms with E-state index in [4.69, 9.17) is 0 Å². The molecule has 3 rings (SSSR count). The number of fused-ring (bicyclic) bond motifs is 1. The number of ether oxygens (including phenoxy) is 1. The van der Waals surface area contributed by atoms with E-state index in [1.165, 1.54) is 21.2 Å². The summed E-state index contributed by atoms with van der Waals surface area (Å²) in [6, 6.07) is 11.1. The summed E-state index contributed by atoms with van der Waals surface area (Å²) in [5.74, 6) is -0.260. The van der Waals surface area contributed by atoms with Crippen molar-refractivity contribution in [2.45, 2.75) is 19.6 Å². The molecule has 0 fully saturated rings. The molecule has 2 heterocycles. The van der Waals surface area contributed by atoms with E-state index in [-0.39, 0.29) is 24.7 Å². The quantitative estimate of drug-likeness (QED) is 0.708. The van der Waals surface area contributed by atoms with Gasteiger partial charge in [-0.3, -0.25) is 9.30 Å². The normalized spacial score (nSPS) is 12.0. The summed E-state index contributed by atoms with van der Waals surface area (Å²) < 4.78 is 44.1. The van der Waals surface area contributed by atoms with Crippen LogP contribution in [-0.2, 0) is 13.2 Å². The average molecular weight is 352 g/mol.